The van der Waals surface area contributed by atoms with Crippen LogP contribution in [0.3, 0.4) is 0 Å². The number of rotatable bonds is 4. The van der Waals surface area contributed by atoms with E-state index in [1.54, 1.807) is 7.11 Å². The molecule has 0 aromatic carbocycles. The first-order chi connectivity index (χ1) is 6.83. The first-order valence-electron chi connectivity index (χ1n) is 5.51. The summed E-state index contributed by atoms with van der Waals surface area (Å²) in [4.78, 5) is 11.3. The third-order valence-corrected chi connectivity index (χ3v) is 2.61. The SMILES string of the molecule is COCCC(=O)OC1CCCCCC1. The van der Waals surface area contributed by atoms with Crippen LogP contribution in [0.2, 0.25) is 0 Å². The van der Waals surface area contributed by atoms with Gasteiger partial charge >= 0.3 is 5.97 Å². The summed E-state index contributed by atoms with van der Waals surface area (Å²) >= 11 is 0. The van der Waals surface area contributed by atoms with Crippen LogP contribution in [0.1, 0.15) is 44.9 Å². The van der Waals surface area contributed by atoms with Crippen LogP contribution in [-0.4, -0.2) is 25.8 Å². The van der Waals surface area contributed by atoms with Crippen LogP contribution < -0.4 is 0 Å². The molecule has 0 N–H and O–H groups in total. The molecule has 82 valence electrons. The van der Waals surface area contributed by atoms with Crippen LogP contribution in [0, 0.1) is 0 Å². The molecule has 3 nitrogen and oxygen atoms in total. The third-order valence-electron chi connectivity index (χ3n) is 2.61. The summed E-state index contributed by atoms with van der Waals surface area (Å²) in [7, 11) is 1.60. The number of carbonyl (C=O) groups is 1. The molecule has 0 aromatic heterocycles. The van der Waals surface area contributed by atoms with E-state index in [1.165, 1.54) is 25.7 Å². The smallest absolute Gasteiger partial charge is 0.308 e. The maximum absolute atomic E-state index is 11.3. The highest BCUT2D eigenvalue weighted by Gasteiger charge is 2.15. The standard InChI is InChI=1S/C11H20O3/c1-13-9-8-11(12)14-10-6-4-2-3-5-7-10/h10H,2-9H2,1H3. The van der Waals surface area contributed by atoms with Crippen molar-refractivity contribution in [3.8, 4) is 0 Å². The van der Waals surface area contributed by atoms with E-state index in [0.29, 0.717) is 13.0 Å². The Kier molecular flexibility index (Phi) is 5.60. The Morgan fingerprint density at radius 2 is 1.86 bits per heavy atom. The predicted molar refractivity (Wildman–Crippen MR) is 54.1 cm³/mol. The van der Waals surface area contributed by atoms with E-state index in [1.807, 2.05) is 0 Å². The number of methoxy groups -OCH3 is 1. The second-order valence-corrected chi connectivity index (χ2v) is 3.85. The van der Waals surface area contributed by atoms with E-state index in [0.717, 1.165) is 12.8 Å². The molecule has 0 amide bonds. The average Bonchev–Trinajstić information content (AvgIpc) is 2.43. The Morgan fingerprint density at radius 3 is 2.43 bits per heavy atom. The number of esters is 1. The largest absolute Gasteiger partial charge is 0.462 e. The maximum atomic E-state index is 11.3. The lowest BCUT2D eigenvalue weighted by Crippen LogP contribution is -2.18. The minimum Gasteiger partial charge on any atom is -0.462 e. The number of hydrogen-bond acceptors (Lipinski definition) is 3. The Balaban J connectivity index is 2.17. The van der Waals surface area contributed by atoms with Crippen LogP contribution in [-0.2, 0) is 14.3 Å². The second kappa shape index (κ2) is 6.82. The number of carbonyl (C=O) groups excluding carboxylic acids is 1. The maximum Gasteiger partial charge on any atom is 0.308 e. The minimum absolute atomic E-state index is 0.112. The third kappa shape index (κ3) is 4.61. The monoisotopic (exact) mass is 200 g/mol. The van der Waals surface area contributed by atoms with Crippen molar-refractivity contribution in [1.82, 2.24) is 0 Å². The number of hydrogen-bond donors (Lipinski definition) is 0. The molecule has 3 heteroatoms. The summed E-state index contributed by atoms with van der Waals surface area (Å²) in [6.45, 7) is 0.464. The zero-order chi connectivity index (χ0) is 10.2. The van der Waals surface area contributed by atoms with Crippen molar-refractivity contribution in [3.05, 3.63) is 0 Å². The average molecular weight is 200 g/mol. The van der Waals surface area contributed by atoms with Crippen molar-refractivity contribution >= 4 is 5.97 Å². The van der Waals surface area contributed by atoms with E-state index >= 15 is 0 Å². The van der Waals surface area contributed by atoms with Gasteiger partial charge in [-0.15, -0.1) is 0 Å². The lowest BCUT2D eigenvalue weighted by molar-refractivity contribution is -0.150. The molecular formula is C11H20O3. The van der Waals surface area contributed by atoms with Gasteiger partial charge in [-0.1, -0.05) is 12.8 Å². The highest BCUT2D eigenvalue weighted by Crippen LogP contribution is 2.20. The fourth-order valence-electron chi connectivity index (χ4n) is 1.79. The van der Waals surface area contributed by atoms with Crippen molar-refractivity contribution in [2.75, 3.05) is 13.7 Å². The molecule has 0 aliphatic heterocycles. The molecule has 1 rings (SSSR count). The van der Waals surface area contributed by atoms with Crippen molar-refractivity contribution in [2.24, 2.45) is 0 Å². The van der Waals surface area contributed by atoms with Crippen molar-refractivity contribution in [2.45, 2.75) is 51.0 Å². The Hall–Kier alpha value is -0.570. The van der Waals surface area contributed by atoms with Gasteiger partial charge in [0.1, 0.15) is 6.10 Å². The van der Waals surface area contributed by atoms with Gasteiger partial charge in [-0.05, 0) is 25.7 Å². The molecule has 0 spiro atoms. The second-order valence-electron chi connectivity index (χ2n) is 3.85. The highest BCUT2D eigenvalue weighted by molar-refractivity contribution is 5.69. The lowest BCUT2D eigenvalue weighted by Gasteiger charge is -2.14. The molecule has 0 heterocycles. The lowest BCUT2D eigenvalue weighted by atomic mass is 10.1. The first-order valence-corrected chi connectivity index (χ1v) is 5.51. The van der Waals surface area contributed by atoms with Crippen LogP contribution >= 0.6 is 0 Å². The fourth-order valence-corrected chi connectivity index (χ4v) is 1.79. The van der Waals surface area contributed by atoms with Gasteiger partial charge in [-0.2, -0.15) is 0 Å². The minimum atomic E-state index is -0.112. The van der Waals surface area contributed by atoms with Gasteiger partial charge in [0, 0.05) is 7.11 Å². The molecule has 0 radical (unpaired) electrons. The number of ether oxygens (including phenoxy) is 2. The summed E-state index contributed by atoms with van der Waals surface area (Å²) in [5.41, 5.74) is 0. The van der Waals surface area contributed by atoms with Crippen LogP contribution in [0.5, 0.6) is 0 Å². The van der Waals surface area contributed by atoms with Crippen LogP contribution in [0.15, 0.2) is 0 Å². The highest BCUT2D eigenvalue weighted by atomic mass is 16.5. The molecule has 1 aliphatic carbocycles. The molecule has 0 saturated heterocycles. The molecular weight excluding hydrogens is 180 g/mol. The van der Waals surface area contributed by atoms with Crippen LogP contribution in [0.25, 0.3) is 0 Å². The molecule has 1 saturated carbocycles. The molecule has 1 aliphatic rings. The van der Waals surface area contributed by atoms with Gasteiger partial charge in [-0.3, -0.25) is 4.79 Å². The van der Waals surface area contributed by atoms with Crippen molar-refractivity contribution < 1.29 is 14.3 Å². The molecule has 1 fully saturated rings. The van der Waals surface area contributed by atoms with Crippen molar-refractivity contribution in [1.29, 1.82) is 0 Å². The summed E-state index contributed by atoms with van der Waals surface area (Å²) in [5.74, 6) is -0.112. The molecule has 0 atom stereocenters. The van der Waals surface area contributed by atoms with Gasteiger partial charge in [0.05, 0.1) is 13.0 Å². The van der Waals surface area contributed by atoms with Gasteiger partial charge in [0.2, 0.25) is 0 Å². The quantitative estimate of drug-likeness (QED) is 0.516. The van der Waals surface area contributed by atoms with Gasteiger partial charge in [0.25, 0.3) is 0 Å². The van der Waals surface area contributed by atoms with Crippen LogP contribution in [0.4, 0.5) is 0 Å². The molecule has 0 aromatic rings. The van der Waals surface area contributed by atoms with Gasteiger partial charge in [-0.25, -0.2) is 0 Å². The van der Waals surface area contributed by atoms with E-state index in [4.69, 9.17) is 9.47 Å². The molecule has 0 bridgehead atoms. The Bertz CT molecular complexity index is 160. The van der Waals surface area contributed by atoms with Gasteiger partial charge in [0.15, 0.2) is 0 Å². The summed E-state index contributed by atoms with van der Waals surface area (Å²) in [6.07, 6.45) is 7.59. The Morgan fingerprint density at radius 1 is 1.21 bits per heavy atom. The predicted octanol–water partition coefficient (Wildman–Crippen LogP) is 2.29. The molecule has 0 unspecified atom stereocenters. The zero-order valence-electron chi connectivity index (χ0n) is 8.96. The van der Waals surface area contributed by atoms with E-state index in [2.05, 4.69) is 0 Å². The van der Waals surface area contributed by atoms with E-state index in [-0.39, 0.29) is 12.1 Å². The molecule has 14 heavy (non-hydrogen) atoms. The normalized spacial score (nSPS) is 18.9. The summed E-state index contributed by atoms with van der Waals surface area (Å²) < 4.78 is 10.2. The zero-order valence-corrected chi connectivity index (χ0v) is 8.96. The summed E-state index contributed by atoms with van der Waals surface area (Å²) in [6, 6.07) is 0. The summed E-state index contributed by atoms with van der Waals surface area (Å²) in [5, 5.41) is 0. The van der Waals surface area contributed by atoms with E-state index < -0.39 is 0 Å². The fraction of sp³-hybridized carbons (Fsp3) is 0.909. The van der Waals surface area contributed by atoms with E-state index in [9.17, 15) is 4.79 Å². The first kappa shape index (κ1) is 11.5. The van der Waals surface area contributed by atoms with Gasteiger partial charge < -0.3 is 9.47 Å². The van der Waals surface area contributed by atoms with Crippen molar-refractivity contribution in [3.63, 3.8) is 0 Å². The topological polar surface area (TPSA) is 35.5 Å². The Labute approximate surface area is 85.8 Å².